The molecule has 1 aromatic carbocycles. The van der Waals surface area contributed by atoms with E-state index in [1.54, 1.807) is 13.2 Å². The quantitative estimate of drug-likeness (QED) is 0.793. The molecule has 1 aromatic heterocycles. The van der Waals surface area contributed by atoms with Gasteiger partial charge in [0.2, 0.25) is 0 Å². The van der Waals surface area contributed by atoms with Gasteiger partial charge in [-0.3, -0.25) is 9.69 Å². The van der Waals surface area contributed by atoms with Gasteiger partial charge >= 0.3 is 0 Å². The first-order valence-corrected chi connectivity index (χ1v) is 7.96. The summed E-state index contributed by atoms with van der Waals surface area (Å²) in [7, 11) is 0. The Morgan fingerprint density at radius 3 is 2.74 bits per heavy atom. The van der Waals surface area contributed by atoms with Gasteiger partial charge in [-0.15, -0.1) is 0 Å². The lowest BCUT2D eigenvalue weighted by molar-refractivity contribution is -0.128. The molecule has 0 radical (unpaired) electrons. The van der Waals surface area contributed by atoms with Crippen molar-refractivity contribution < 1.29 is 13.9 Å². The molecule has 5 nitrogen and oxygen atoms in total. The largest absolute Gasteiger partial charge is 0.468 e. The molecule has 1 fully saturated rings. The van der Waals surface area contributed by atoms with Crippen LogP contribution in [0.25, 0.3) is 0 Å². The molecule has 2 heterocycles. The van der Waals surface area contributed by atoms with Crippen molar-refractivity contribution in [1.82, 2.24) is 9.88 Å². The Morgan fingerprint density at radius 1 is 1.39 bits per heavy atom. The van der Waals surface area contributed by atoms with E-state index in [1.165, 1.54) is 5.56 Å². The topological polar surface area (TPSA) is 55.6 Å². The minimum atomic E-state index is 0.431. The van der Waals surface area contributed by atoms with E-state index < -0.39 is 0 Å². The first-order valence-electron chi connectivity index (χ1n) is 7.96. The van der Waals surface area contributed by atoms with Gasteiger partial charge < -0.3 is 9.15 Å². The third kappa shape index (κ3) is 5.53. The number of nitrogens with zero attached hydrogens (tertiary/aromatic N) is 2. The van der Waals surface area contributed by atoms with E-state index in [1.807, 2.05) is 6.92 Å². The zero-order valence-electron chi connectivity index (χ0n) is 13.8. The van der Waals surface area contributed by atoms with Crippen molar-refractivity contribution in [3.63, 3.8) is 0 Å². The molecular formula is C18H24N2O3. The average Bonchev–Trinajstić information content (AvgIpc) is 3.19. The molecular weight excluding hydrogens is 292 g/mol. The van der Waals surface area contributed by atoms with E-state index in [0.29, 0.717) is 19.0 Å². The first kappa shape index (κ1) is 17.2. The number of aromatic nitrogens is 1. The molecule has 3 rings (SSSR count). The van der Waals surface area contributed by atoms with Crippen LogP contribution >= 0.6 is 0 Å². The van der Waals surface area contributed by atoms with Gasteiger partial charge in [-0.05, 0) is 32.4 Å². The van der Waals surface area contributed by atoms with Crippen LogP contribution in [0.15, 0.2) is 41.0 Å². The number of ether oxygens (including phenoxy) is 1. The van der Waals surface area contributed by atoms with Crippen LogP contribution in [0.2, 0.25) is 0 Å². The summed E-state index contributed by atoms with van der Waals surface area (Å²) in [5.41, 5.74) is 2.35. The van der Waals surface area contributed by atoms with Crippen molar-refractivity contribution in [2.45, 2.75) is 32.7 Å². The Hall–Kier alpha value is -2.14. The highest BCUT2D eigenvalue weighted by Gasteiger charge is 2.27. The number of hydrogen-bond acceptors (Lipinski definition) is 5. The van der Waals surface area contributed by atoms with Crippen molar-refractivity contribution >= 4 is 6.47 Å². The lowest BCUT2D eigenvalue weighted by atomic mass is 10.1. The second-order valence-electron chi connectivity index (χ2n) is 5.59. The summed E-state index contributed by atoms with van der Waals surface area (Å²) in [5.74, 6) is 1.37. The summed E-state index contributed by atoms with van der Waals surface area (Å²) >= 11 is 0. The number of carbonyl (C=O) groups excluding carboxylic acids is 1. The number of hydrogen-bond donors (Lipinski definition) is 0. The summed E-state index contributed by atoms with van der Waals surface area (Å²) in [5, 5.41) is 0. The van der Waals surface area contributed by atoms with Crippen molar-refractivity contribution in [1.29, 1.82) is 0 Å². The lowest BCUT2D eigenvalue weighted by Gasteiger charge is -2.15. The molecule has 1 aliphatic heterocycles. The van der Waals surface area contributed by atoms with Crippen molar-refractivity contribution in [3.05, 3.63) is 53.7 Å². The molecule has 0 amide bonds. The fourth-order valence-electron chi connectivity index (χ4n) is 2.65. The van der Waals surface area contributed by atoms with Gasteiger partial charge in [0, 0.05) is 19.0 Å². The summed E-state index contributed by atoms with van der Waals surface area (Å²) in [6.07, 6.45) is 2.89. The third-order valence-corrected chi connectivity index (χ3v) is 3.74. The summed E-state index contributed by atoms with van der Waals surface area (Å²) < 4.78 is 9.66. The molecule has 124 valence electrons. The van der Waals surface area contributed by atoms with E-state index in [2.05, 4.69) is 45.0 Å². The fraction of sp³-hybridized carbons (Fsp3) is 0.444. The van der Waals surface area contributed by atoms with E-state index in [-0.39, 0.29) is 0 Å². The van der Waals surface area contributed by atoms with E-state index in [0.717, 1.165) is 37.6 Å². The zero-order valence-corrected chi connectivity index (χ0v) is 13.8. The van der Waals surface area contributed by atoms with E-state index >= 15 is 0 Å². The number of carbonyl (C=O) groups is 1. The van der Waals surface area contributed by atoms with Crippen LogP contribution < -0.4 is 0 Å². The van der Waals surface area contributed by atoms with Crippen LogP contribution in [0.4, 0.5) is 0 Å². The molecule has 0 N–H and O–H groups in total. The molecule has 0 aliphatic carbocycles. The minimum Gasteiger partial charge on any atom is -0.468 e. The monoisotopic (exact) mass is 316 g/mol. The maximum Gasteiger partial charge on any atom is 0.293 e. The molecule has 0 saturated carbocycles. The van der Waals surface area contributed by atoms with Gasteiger partial charge in [0.05, 0.1) is 12.3 Å². The van der Waals surface area contributed by atoms with Gasteiger partial charge in [-0.2, -0.15) is 0 Å². The van der Waals surface area contributed by atoms with Gasteiger partial charge in [0.1, 0.15) is 6.26 Å². The fourth-order valence-corrected chi connectivity index (χ4v) is 2.65. The number of oxazole rings is 1. The Labute approximate surface area is 137 Å². The minimum absolute atomic E-state index is 0.431. The standard InChI is InChI=1S/C15H18N2O.C3H6O2/c1-12-11-18-15(16-12)14-7-8-17(10-14)9-13-5-3-2-4-6-13;1-2-5-3-4/h2-6,11,14H,7-10H2,1H3;3H,2H2,1H3. The average molecular weight is 316 g/mol. The number of rotatable bonds is 5. The van der Waals surface area contributed by atoms with Crippen LogP contribution in [-0.2, 0) is 16.1 Å². The highest BCUT2D eigenvalue weighted by atomic mass is 16.5. The predicted molar refractivity (Wildman–Crippen MR) is 88.0 cm³/mol. The van der Waals surface area contributed by atoms with E-state index in [9.17, 15) is 4.79 Å². The van der Waals surface area contributed by atoms with E-state index in [4.69, 9.17) is 4.42 Å². The zero-order chi connectivity index (χ0) is 16.5. The molecule has 1 atom stereocenters. The summed E-state index contributed by atoms with van der Waals surface area (Å²) in [6, 6.07) is 10.6. The molecule has 0 bridgehead atoms. The summed E-state index contributed by atoms with van der Waals surface area (Å²) in [6.45, 7) is 7.84. The molecule has 1 saturated heterocycles. The second kappa shape index (κ2) is 9.10. The normalized spacial score (nSPS) is 17.4. The van der Waals surface area contributed by atoms with Gasteiger partial charge in [0.25, 0.3) is 6.47 Å². The molecule has 1 aliphatic rings. The Kier molecular flexibility index (Phi) is 6.81. The van der Waals surface area contributed by atoms with Gasteiger partial charge in [-0.25, -0.2) is 4.98 Å². The maximum absolute atomic E-state index is 9.18. The van der Waals surface area contributed by atoms with Crippen LogP contribution in [-0.4, -0.2) is 36.1 Å². The third-order valence-electron chi connectivity index (χ3n) is 3.74. The smallest absolute Gasteiger partial charge is 0.293 e. The molecule has 23 heavy (non-hydrogen) atoms. The number of benzene rings is 1. The summed E-state index contributed by atoms with van der Waals surface area (Å²) in [4.78, 5) is 16.1. The highest BCUT2D eigenvalue weighted by Crippen LogP contribution is 2.27. The van der Waals surface area contributed by atoms with Crippen LogP contribution in [0.3, 0.4) is 0 Å². The van der Waals surface area contributed by atoms with Crippen LogP contribution in [0.5, 0.6) is 0 Å². The van der Waals surface area contributed by atoms with Crippen molar-refractivity contribution in [2.24, 2.45) is 0 Å². The SMILES string of the molecule is CCOC=O.Cc1coc(C2CCN(Cc3ccccc3)C2)n1. The number of likely N-dealkylation sites (tertiary alicyclic amines) is 1. The molecule has 1 unspecified atom stereocenters. The highest BCUT2D eigenvalue weighted by molar-refractivity contribution is 5.36. The molecule has 5 heteroatoms. The van der Waals surface area contributed by atoms with Crippen LogP contribution in [0.1, 0.15) is 36.4 Å². The Balaban J connectivity index is 0.000000338. The van der Waals surface area contributed by atoms with Crippen LogP contribution in [0, 0.1) is 6.92 Å². The number of aryl methyl sites for hydroxylation is 1. The van der Waals surface area contributed by atoms with Crippen molar-refractivity contribution in [2.75, 3.05) is 19.7 Å². The molecule has 2 aromatic rings. The Morgan fingerprint density at radius 2 is 2.17 bits per heavy atom. The lowest BCUT2D eigenvalue weighted by Crippen LogP contribution is -2.19. The van der Waals surface area contributed by atoms with Gasteiger partial charge in [0.15, 0.2) is 5.89 Å². The predicted octanol–water partition coefficient (Wildman–Crippen LogP) is 3.15. The Bertz CT molecular complexity index is 583. The van der Waals surface area contributed by atoms with Gasteiger partial charge in [-0.1, -0.05) is 30.3 Å². The maximum atomic E-state index is 9.18. The van der Waals surface area contributed by atoms with Crippen molar-refractivity contribution in [3.8, 4) is 0 Å². The second-order valence-corrected chi connectivity index (χ2v) is 5.59. The first-order chi connectivity index (χ1) is 11.2. The molecule has 0 spiro atoms.